The van der Waals surface area contributed by atoms with Crippen LogP contribution in [-0.2, 0) is 0 Å². The Morgan fingerprint density at radius 2 is 0.732 bits per heavy atom. The van der Waals surface area contributed by atoms with Gasteiger partial charge in [-0.2, -0.15) is 0 Å². The van der Waals surface area contributed by atoms with Gasteiger partial charge in [-0.3, -0.25) is 0 Å². The van der Waals surface area contributed by atoms with Crippen molar-refractivity contribution in [2.45, 2.75) is 0 Å². The summed E-state index contributed by atoms with van der Waals surface area (Å²) in [6, 6.07) is 69.6. The fraction of sp³-hybridized carbons (Fsp3) is 0. The normalized spacial score (nSPS) is 11.6. The van der Waals surface area contributed by atoms with Crippen LogP contribution in [0.4, 0.5) is 0 Å². The summed E-state index contributed by atoms with van der Waals surface area (Å²) in [6.45, 7) is 0. The van der Waals surface area contributed by atoms with Gasteiger partial charge in [0.2, 0.25) is 0 Å². The minimum Gasteiger partial charge on any atom is -0.228 e. The standard InChI is InChI=1S/C52H32N2S2/c1-3-15-33(16-4-1)36-19-7-8-20-37(36)35-29-30-42(45(31-35)34-17-5-2-6-18-34)52-53-46(43-25-13-23-40-38-21-9-11-27-48(38)55-50(40)43)32-47(54-52)44-26-14-24-41-39-22-10-12-28-49(39)56-51(41)44/h1-32H. The lowest BCUT2D eigenvalue weighted by Gasteiger charge is -2.16. The van der Waals surface area contributed by atoms with Crippen LogP contribution >= 0.6 is 22.7 Å². The number of nitrogens with zero attached hydrogens (tertiary/aromatic N) is 2. The molecular formula is C52H32N2S2. The largest absolute Gasteiger partial charge is 0.228 e. The Morgan fingerprint density at radius 3 is 1.30 bits per heavy atom. The maximum absolute atomic E-state index is 5.50. The highest BCUT2D eigenvalue weighted by atomic mass is 32.1. The lowest BCUT2D eigenvalue weighted by atomic mass is 9.90. The summed E-state index contributed by atoms with van der Waals surface area (Å²) in [5, 5.41) is 5.05. The zero-order valence-corrected chi connectivity index (χ0v) is 31.8. The first-order valence-corrected chi connectivity index (χ1v) is 20.5. The average molecular weight is 749 g/mol. The molecule has 3 aromatic heterocycles. The summed E-state index contributed by atoms with van der Waals surface area (Å²) >= 11 is 3.67. The van der Waals surface area contributed by atoms with Crippen LogP contribution in [0.2, 0.25) is 0 Å². The van der Waals surface area contributed by atoms with Gasteiger partial charge in [-0.25, -0.2) is 9.97 Å². The fourth-order valence-corrected chi connectivity index (χ4v) is 10.6. The van der Waals surface area contributed by atoms with E-state index in [-0.39, 0.29) is 0 Å². The fourth-order valence-electron chi connectivity index (χ4n) is 8.11. The van der Waals surface area contributed by atoms with Gasteiger partial charge in [0.15, 0.2) is 5.82 Å². The average Bonchev–Trinajstić information content (AvgIpc) is 3.85. The molecule has 0 N–H and O–H groups in total. The van der Waals surface area contributed by atoms with Gasteiger partial charge in [0.05, 0.1) is 11.4 Å². The first-order valence-electron chi connectivity index (χ1n) is 18.8. The molecule has 0 aliphatic carbocycles. The molecule has 0 radical (unpaired) electrons. The number of hydrogen-bond donors (Lipinski definition) is 0. The van der Waals surface area contributed by atoms with Gasteiger partial charge in [0.1, 0.15) is 0 Å². The van der Waals surface area contributed by atoms with Gasteiger partial charge < -0.3 is 0 Å². The van der Waals surface area contributed by atoms with E-state index in [1.54, 1.807) is 0 Å². The van der Waals surface area contributed by atoms with E-state index in [2.05, 4.69) is 194 Å². The van der Waals surface area contributed by atoms with Gasteiger partial charge in [0, 0.05) is 57.0 Å². The summed E-state index contributed by atoms with van der Waals surface area (Å²) < 4.78 is 5.02. The molecule has 11 rings (SSSR count). The molecule has 0 saturated carbocycles. The SMILES string of the molecule is c1ccc(-c2ccccc2-c2ccc(-c3nc(-c4cccc5c4sc4ccccc45)cc(-c4cccc5c4sc4ccccc45)n3)c(-c3ccccc3)c2)cc1. The van der Waals surface area contributed by atoms with E-state index >= 15 is 0 Å². The highest BCUT2D eigenvalue weighted by Gasteiger charge is 2.20. The van der Waals surface area contributed by atoms with Crippen molar-refractivity contribution in [3.8, 4) is 67.3 Å². The Kier molecular flexibility index (Phi) is 7.90. The van der Waals surface area contributed by atoms with Gasteiger partial charge in [0.25, 0.3) is 0 Å². The Hall–Kier alpha value is -6.72. The minimum absolute atomic E-state index is 0.704. The van der Waals surface area contributed by atoms with Crippen molar-refractivity contribution in [2.24, 2.45) is 0 Å². The zero-order valence-electron chi connectivity index (χ0n) is 30.2. The number of hydrogen-bond acceptors (Lipinski definition) is 4. The van der Waals surface area contributed by atoms with E-state index in [0.29, 0.717) is 5.82 Å². The molecule has 262 valence electrons. The maximum atomic E-state index is 5.50. The summed E-state index contributed by atoms with van der Waals surface area (Å²) in [4.78, 5) is 11.0. The molecule has 4 heteroatoms. The number of aromatic nitrogens is 2. The molecule has 0 spiro atoms. The van der Waals surface area contributed by atoms with Gasteiger partial charge in [-0.05, 0) is 63.7 Å². The Balaban J connectivity index is 1.18. The van der Waals surface area contributed by atoms with Gasteiger partial charge in [-0.1, -0.05) is 164 Å². The van der Waals surface area contributed by atoms with Crippen molar-refractivity contribution in [1.82, 2.24) is 9.97 Å². The Labute approximate surface area is 332 Å². The molecule has 0 atom stereocenters. The lowest BCUT2D eigenvalue weighted by Crippen LogP contribution is -1.98. The molecule has 0 unspecified atom stereocenters. The molecule has 56 heavy (non-hydrogen) atoms. The van der Waals surface area contributed by atoms with Crippen molar-refractivity contribution in [3.05, 3.63) is 194 Å². The van der Waals surface area contributed by atoms with E-state index in [1.165, 1.54) is 57.0 Å². The van der Waals surface area contributed by atoms with E-state index in [9.17, 15) is 0 Å². The second-order valence-corrected chi connectivity index (χ2v) is 16.2. The summed E-state index contributed by atoms with van der Waals surface area (Å²) in [6.07, 6.45) is 0. The van der Waals surface area contributed by atoms with Gasteiger partial charge >= 0.3 is 0 Å². The smallest absolute Gasteiger partial charge is 0.161 e. The van der Waals surface area contributed by atoms with Crippen molar-refractivity contribution >= 4 is 63.0 Å². The molecule has 0 fully saturated rings. The van der Waals surface area contributed by atoms with Crippen molar-refractivity contribution in [1.29, 1.82) is 0 Å². The topological polar surface area (TPSA) is 25.8 Å². The highest BCUT2D eigenvalue weighted by molar-refractivity contribution is 7.26. The summed E-state index contributed by atoms with van der Waals surface area (Å²) in [5.41, 5.74) is 12.0. The van der Waals surface area contributed by atoms with Crippen LogP contribution in [0, 0.1) is 0 Å². The van der Waals surface area contributed by atoms with E-state index < -0.39 is 0 Å². The maximum Gasteiger partial charge on any atom is 0.161 e. The van der Waals surface area contributed by atoms with Crippen LogP contribution in [0.15, 0.2) is 194 Å². The molecule has 0 bridgehead atoms. The summed E-state index contributed by atoms with van der Waals surface area (Å²) in [5.74, 6) is 0.704. The first-order chi connectivity index (χ1) is 27.8. The molecule has 0 amide bonds. The third kappa shape index (κ3) is 5.53. The number of rotatable bonds is 6. The third-order valence-electron chi connectivity index (χ3n) is 10.8. The molecule has 0 aliphatic heterocycles. The Bertz CT molecular complexity index is 3120. The molecule has 8 aromatic carbocycles. The van der Waals surface area contributed by atoms with Crippen LogP contribution in [0.3, 0.4) is 0 Å². The molecular weight excluding hydrogens is 717 g/mol. The quantitative estimate of drug-likeness (QED) is 0.169. The monoisotopic (exact) mass is 748 g/mol. The predicted molar refractivity (Wildman–Crippen MR) is 240 cm³/mol. The second-order valence-electron chi connectivity index (χ2n) is 14.1. The highest BCUT2D eigenvalue weighted by Crippen LogP contribution is 2.44. The number of benzene rings is 8. The van der Waals surface area contributed by atoms with Crippen LogP contribution < -0.4 is 0 Å². The lowest BCUT2D eigenvalue weighted by molar-refractivity contribution is 1.19. The molecule has 11 aromatic rings. The third-order valence-corrected chi connectivity index (χ3v) is 13.2. The van der Waals surface area contributed by atoms with E-state index in [1.807, 2.05) is 22.7 Å². The number of thiophene rings is 2. The van der Waals surface area contributed by atoms with Crippen LogP contribution in [0.5, 0.6) is 0 Å². The van der Waals surface area contributed by atoms with Crippen molar-refractivity contribution < 1.29 is 0 Å². The first kappa shape index (κ1) is 32.7. The molecule has 0 saturated heterocycles. The predicted octanol–water partition coefficient (Wildman–Crippen LogP) is 15.2. The number of fused-ring (bicyclic) bond motifs is 6. The Morgan fingerprint density at radius 1 is 0.286 bits per heavy atom. The molecule has 0 aliphatic rings. The van der Waals surface area contributed by atoms with Crippen molar-refractivity contribution in [2.75, 3.05) is 0 Å². The van der Waals surface area contributed by atoms with Crippen LogP contribution in [0.1, 0.15) is 0 Å². The molecule has 3 heterocycles. The van der Waals surface area contributed by atoms with Crippen molar-refractivity contribution in [3.63, 3.8) is 0 Å². The van der Waals surface area contributed by atoms with Crippen LogP contribution in [-0.4, -0.2) is 9.97 Å². The van der Waals surface area contributed by atoms with Crippen LogP contribution in [0.25, 0.3) is 108 Å². The van der Waals surface area contributed by atoms with Gasteiger partial charge in [-0.15, -0.1) is 22.7 Å². The minimum atomic E-state index is 0.704. The zero-order chi connectivity index (χ0) is 37.0. The second kappa shape index (κ2) is 13.5. The van der Waals surface area contributed by atoms with E-state index in [0.717, 1.165) is 44.8 Å². The molecule has 2 nitrogen and oxygen atoms in total. The van der Waals surface area contributed by atoms with E-state index in [4.69, 9.17) is 9.97 Å². The summed E-state index contributed by atoms with van der Waals surface area (Å²) in [7, 11) is 0.